The molecule has 2 rings (SSSR count). The highest BCUT2D eigenvalue weighted by molar-refractivity contribution is 8.00. The van der Waals surface area contributed by atoms with Crippen molar-refractivity contribution < 1.29 is 14.3 Å². The summed E-state index contributed by atoms with van der Waals surface area (Å²) in [5.41, 5.74) is 0. The number of benzene rings is 1. The van der Waals surface area contributed by atoms with E-state index >= 15 is 0 Å². The van der Waals surface area contributed by atoms with Gasteiger partial charge >= 0.3 is 0 Å². The van der Waals surface area contributed by atoms with Crippen LogP contribution in [0.15, 0.2) is 28.6 Å². The summed E-state index contributed by atoms with van der Waals surface area (Å²) >= 11 is 2.80. The van der Waals surface area contributed by atoms with Crippen LogP contribution in [0, 0.1) is 0 Å². The van der Waals surface area contributed by atoms with Gasteiger partial charge in [0.05, 0.1) is 7.11 Å². The van der Waals surface area contributed by atoms with Gasteiger partial charge in [-0.1, -0.05) is 35.2 Å². The van der Waals surface area contributed by atoms with Gasteiger partial charge in [-0.25, -0.2) is 0 Å². The first-order valence-electron chi connectivity index (χ1n) is 5.66. The molecule has 0 saturated carbocycles. The Balaban J connectivity index is 1.88. The molecule has 0 radical (unpaired) electrons. The van der Waals surface area contributed by atoms with Crippen LogP contribution in [0.1, 0.15) is 0 Å². The first kappa shape index (κ1) is 14.6. The van der Waals surface area contributed by atoms with Crippen LogP contribution in [0.4, 0.5) is 5.13 Å². The van der Waals surface area contributed by atoms with Crippen LogP contribution in [0.5, 0.6) is 11.5 Å². The van der Waals surface area contributed by atoms with Crippen molar-refractivity contribution in [2.45, 2.75) is 4.34 Å². The van der Waals surface area contributed by atoms with Gasteiger partial charge in [-0.05, 0) is 18.4 Å². The molecule has 6 nitrogen and oxygen atoms in total. The minimum absolute atomic E-state index is 0.117. The number of nitrogens with zero attached hydrogens (tertiary/aromatic N) is 2. The second-order valence-electron chi connectivity index (χ2n) is 3.56. The van der Waals surface area contributed by atoms with E-state index in [1.165, 1.54) is 23.1 Å². The van der Waals surface area contributed by atoms with E-state index in [2.05, 4.69) is 15.5 Å². The molecule has 0 fully saturated rings. The number of methoxy groups -OCH3 is 1. The Kier molecular flexibility index (Phi) is 5.19. The molecular formula is C12H13N3O3S2. The van der Waals surface area contributed by atoms with Crippen molar-refractivity contribution in [3.63, 3.8) is 0 Å². The molecule has 1 N–H and O–H groups in total. The molecular weight excluding hydrogens is 298 g/mol. The number of carbonyl (C=O) groups excluding carboxylic acids is 1. The number of carbonyl (C=O) groups is 1. The maximum atomic E-state index is 11.7. The fourth-order valence-corrected chi connectivity index (χ4v) is 2.57. The SMILES string of the molecule is COc1ccccc1OCC(=O)Nc1nnc(SC)s1. The third-order valence-corrected chi connectivity index (χ3v) is 4.07. The minimum atomic E-state index is -0.292. The van der Waals surface area contributed by atoms with Gasteiger partial charge in [0.1, 0.15) is 0 Å². The zero-order valence-corrected chi connectivity index (χ0v) is 12.6. The standard InChI is InChI=1S/C12H13N3O3S2/c1-17-8-5-3-4-6-9(8)18-7-10(16)13-11-14-15-12(19-2)20-11/h3-6H,7H2,1-2H3,(H,13,14,16). The van der Waals surface area contributed by atoms with Crippen molar-refractivity contribution in [1.82, 2.24) is 10.2 Å². The van der Waals surface area contributed by atoms with Crippen molar-refractivity contribution in [2.24, 2.45) is 0 Å². The maximum Gasteiger partial charge on any atom is 0.264 e. The zero-order valence-electron chi connectivity index (χ0n) is 11.0. The van der Waals surface area contributed by atoms with E-state index in [1.54, 1.807) is 19.2 Å². The first-order valence-corrected chi connectivity index (χ1v) is 7.70. The fraction of sp³-hybridized carbons (Fsp3) is 0.250. The molecule has 106 valence electrons. The average Bonchev–Trinajstić information content (AvgIpc) is 2.93. The molecule has 0 unspecified atom stereocenters. The third-order valence-electron chi connectivity index (χ3n) is 2.26. The second-order valence-corrected chi connectivity index (χ2v) is 5.60. The van der Waals surface area contributed by atoms with E-state index in [0.717, 1.165) is 4.34 Å². The number of thioether (sulfide) groups is 1. The third kappa shape index (κ3) is 3.84. The summed E-state index contributed by atoms with van der Waals surface area (Å²) in [5.74, 6) is 0.813. The van der Waals surface area contributed by atoms with Crippen LogP contribution < -0.4 is 14.8 Å². The Morgan fingerprint density at radius 1 is 1.35 bits per heavy atom. The van der Waals surface area contributed by atoms with Gasteiger partial charge in [0.15, 0.2) is 22.4 Å². The first-order chi connectivity index (χ1) is 9.72. The molecule has 1 amide bonds. The number of nitrogens with one attached hydrogen (secondary N) is 1. The Bertz CT molecular complexity index is 589. The van der Waals surface area contributed by atoms with E-state index in [-0.39, 0.29) is 12.5 Å². The quantitative estimate of drug-likeness (QED) is 0.652. The summed E-state index contributed by atoms with van der Waals surface area (Å²) in [7, 11) is 1.55. The summed E-state index contributed by atoms with van der Waals surface area (Å²) in [4.78, 5) is 11.7. The zero-order chi connectivity index (χ0) is 14.4. The van der Waals surface area contributed by atoms with Crippen molar-refractivity contribution >= 4 is 34.1 Å². The van der Waals surface area contributed by atoms with Crippen molar-refractivity contribution in [2.75, 3.05) is 25.3 Å². The largest absolute Gasteiger partial charge is 0.493 e. The van der Waals surface area contributed by atoms with Crippen molar-refractivity contribution in [1.29, 1.82) is 0 Å². The van der Waals surface area contributed by atoms with Gasteiger partial charge in [-0.15, -0.1) is 10.2 Å². The monoisotopic (exact) mass is 311 g/mol. The topological polar surface area (TPSA) is 73.3 Å². The smallest absolute Gasteiger partial charge is 0.264 e. The number of anilines is 1. The molecule has 1 aromatic heterocycles. The predicted molar refractivity (Wildman–Crippen MR) is 78.8 cm³/mol. The summed E-state index contributed by atoms with van der Waals surface area (Å²) < 4.78 is 11.3. The Hall–Kier alpha value is -1.80. The molecule has 1 aromatic carbocycles. The van der Waals surface area contributed by atoms with Gasteiger partial charge < -0.3 is 9.47 Å². The van der Waals surface area contributed by atoms with Gasteiger partial charge in [-0.3, -0.25) is 10.1 Å². The van der Waals surface area contributed by atoms with E-state index in [1.807, 2.05) is 18.4 Å². The Labute approximate surface area is 124 Å². The lowest BCUT2D eigenvalue weighted by Crippen LogP contribution is -2.20. The number of para-hydroxylation sites is 2. The average molecular weight is 311 g/mol. The second kappa shape index (κ2) is 7.11. The molecule has 8 heteroatoms. The molecule has 0 aliphatic carbocycles. The normalized spacial score (nSPS) is 10.1. The number of hydrogen-bond acceptors (Lipinski definition) is 7. The molecule has 0 aliphatic heterocycles. The maximum absolute atomic E-state index is 11.7. The van der Waals surface area contributed by atoms with Crippen LogP contribution in [-0.4, -0.2) is 36.1 Å². The van der Waals surface area contributed by atoms with E-state index in [9.17, 15) is 4.79 Å². The Morgan fingerprint density at radius 3 is 2.75 bits per heavy atom. The lowest BCUT2D eigenvalue weighted by Gasteiger charge is -2.09. The highest BCUT2D eigenvalue weighted by Gasteiger charge is 2.10. The van der Waals surface area contributed by atoms with Crippen LogP contribution >= 0.6 is 23.1 Å². The molecule has 0 spiro atoms. The Morgan fingerprint density at radius 2 is 2.10 bits per heavy atom. The van der Waals surface area contributed by atoms with Crippen LogP contribution in [0.25, 0.3) is 0 Å². The number of ether oxygens (including phenoxy) is 2. The lowest BCUT2D eigenvalue weighted by atomic mass is 10.3. The molecule has 0 bridgehead atoms. The minimum Gasteiger partial charge on any atom is -0.493 e. The van der Waals surface area contributed by atoms with E-state index in [0.29, 0.717) is 16.6 Å². The van der Waals surface area contributed by atoms with E-state index < -0.39 is 0 Å². The number of hydrogen-bond donors (Lipinski definition) is 1. The van der Waals surface area contributed by atoms with Gasteiger partial charge in [0.25, 0.3) is 5.91 Å². The van der Waals surface area contributed by atoms with Gasteiger partial charge in [0, 0.05) is 0 Å². The molecule has 0 aliphatic rings. The number of aromatic nitrogens is 2. The van der Waals surface area contributed by atoms with E-state index in [4.69, 9.17) is 9.47 Å². The molecule has 0 saturated heterocycles. The van der Waals surface area contributed by atoms with Crippen LogP contribution in [0.2, 0.25) is 0 Å². The fourth-order valence-electron chi connectivity index (χ4n) is 1.38. The van der Waals surface area contributed by atoms with Gasteiger partial charge in [-0.2, -0.15) is 0 Å². The van der Waals surface area contributed by atoms with Crippen molar-refractivity contribution in [3.8, 4) is 11.5 Å². The summed E-state index contributed by atoms with van der Waals surface area (Å²) in [5, 5.41) is 10.8. The molecule has 1 heterocycles. The molecule has 0 atom stereocenters. The predicted octanol–water partition coefficient (Wildman–Crippen LogP) is 2.29. The summed E-state index contributed by atoms with van der Waals surface area (Å²) in [6.45, 7) is -0.117. The van der Waals surface area contributed by atoms with Gasteiger partial charge in [0.2, 0.25) is 5.13 Å². The highest BCUT2D eigenvalue weighted by atomic mass is 32.2. The van der Waals surface area contributed by atoms with Crippen LogP contribution in [0.3, 0.4) is 0 Å². The number of amides is 1. The van der Waals surface area contributed by atoms with Crippen molar-refractivity contribution in [3.05, 3.63) is 24.3 Å². The van der Waals surface area contributed by atoms with Crippen LogP contribution in [-0.2, 0) is 4.79 Å². The lowest BCUT2D eigenvalue weighted by molar-refractivity contribution is -0.118. The number of rotatable bonds is 6. The highest BCUT2D eigenvalue weighted by Crippen LogP contribution is 2.26. The molecule has 2 aromatic rings. The molecule has 20 heavy (non-hydrogen) atoms. The summed E-state index contributed by atoms with van der Waals surface area (Å²) in [6.07, 6.45) is 1.90. The summed E-state index contributed by atoms with van der Waals surface area (Å²) in [6, 6.07) is 7.15.